The Hall–Kier alpha value is -1.55. The normalized spacial score (nSPS) is 11.2. The topological polar surface area (TPSA) is 122 Å². The van der Waals surface area contributed by atoms with Crippen LogP contribution in [0.1, 0.15) is 11.1 Å². The van der Waals surface area contributed by atoms with Gasteiger partial charge in [0.2, 0.25) is 0 Å². The molecule has 0 fully saturated rings. The highest BCUT2D eigenvalue weighted by Gasteiger charge is 2.07. The second-order valence-electron chi connectivity index (χ2n) is 8.25. The van der Waals surface area contributed by atoms with Crippen LogP contribution < -0.4 is 18.6 Å². The molecule has 160 valence electrons. The van der Waals surface area contributed by atoms with E-state index in [1.807, 2.05) is 0 Å². The predicted molar refractivity (Wildman–Crippen MR) is 98.3 cm³/mol. The summed E-state index contributed by atoms with van der Waals surface area (Å²) in [6, 6.07) is 21.1. The fourth-order valence-electron chi connectivity index (χ4n) is 2.26. The van der Waals surface area contributed by atoms with E-state index < -0.39 is 10.2 Å². The smallest absolute Gasteiger partial charge is 0.104 e. The molecule has 2 aromatic rings. The van der Waals surface area contributed by atoms with Crippen molar-refractivity contribution in [3.05, 3.63) is 71.8 Å². The van der Waals surface area contributed by atoms with Crippen LogP contribution in [0.15, 0.2) is 60.7 Å². The van der Waals surface area contributed by atoms with Gasteiger partial charge >= 0.3 is 0 Å². The summed E-state index contributed by atoms with van der Waals surface area (Å²) in [6.07, 6.45) is 0. The van der Waals surface area contributed by atoms with E-state index in [1.165, 1.54) is 11.1 Å². The SMILES string of the molecule is C[N+](C)(C)Cc1ccccc1.C[N+](C)(C)Cc1ccccc1.[O-][Cl+3]([O-])([O-])[O-].[OH-]. The number of quaternary nitrogens is 2. The van der Waals surface area contributed by atoms with E-state index >= 15 is 0 Å². The quantitative estimate of drug-likeness (QED) is 0.582. The molecule has 0 unspecified atom stereocenters. The van der Waals surface area contributed by atoms with Crippen LogP contribution in [0, 0.1) is 10.2 Å². The van der Waals surface area contributed by atoms with Crippen LogP contribution in [-0.2, 0) is 13.1 Å². The maximum absolute atomic E-state index is 8.49. The molecule has 0 amide bonds. The molecular weight excluding hydrogens is 384 g/mol. The molecule has 0 spiro atoms. The summed E-state index contributed by atoms with van der Waals surface area (Å²) in [7, 11) is 8.26. The molecule has 0 radical (unpaired) electrons. The average Bonchev–Trinajstić information content (AvgIpc) is 2.44. The summed E-state index contributed by atoms with van der Waals surface area (Å²) in [5, 5.41) is 0. The Morgan fingerprint density at radius 3 is 0.964 bits per heavy atom. The molecule has 0 bridgehead atoms. The van der Waals surface area contributed by atoms with Crippen molar-refractivity contribution in [1.82, 2.24) is 0 Å². The Kier molecular flexibility index (Phi) is 13.1. The Labute approximate surface area is 170 Å². The van der Waals surface area contributed by atoms with Gasteiger partial charge < -0.3 is 14.4 Å². The monoisotopic (exact) mass is 416 g/mol. The van der Waals surface area contributed by atoms with Crippen LogP contribution in [0.3, 0.4) is 0 Å². The first-order valence-electron chi connectivity index (χ1n) is 8.46. The Balaban J connectivity index is 0. The van der Waals surface area contributed by atoms with Gasteiger partial charge in [-0.25, -0.2) is 18.6 Å². The summed E-state index contributed by atoms with van der Waals surface area (Å²) < 4.78 is 36.0. The molecule has 0 saturated heterocycles. The first-order chi connectivity index (χ1) is 12.2. The lowest BCUT2D eigenvalue weighted by atomic mass is 10.2. The fourth-order valence-corrected chi connectivity index (χ4v) is 2.26. The highest BCUT2D eigenvalue weighted by molar-refractivity contribution is 5.13. The average molecular weight is 417 g/mol. The Morgan fingerprint density at radius 2 is 0.786 bits per heavy atom. The first kappa shape index (κ1) is 28.7. The van der Waals surface area contributed by atoms with E-state index in [2.05, 4.69) is 103 Å². The van der Waals surface area contributed by atoms with Crippen molar-refractivity contribution >= 4 is 0 Å². The van der Waals surface area contributed by atoms with Gasteiger partial charge in [0.05, 0.1) is 42.3 Å². The highest BCUT2D eigenvalue weighted by Crippen LogP contribution is 2.05. The number of halogens is 1. The third kappa shape index (κ3) is 22.5. The number of nitrogens with zero attached hydrogens (tertiary/aromatic N) is 2. The van der Waals surface area contributed by atoms with E-state index in [1.54, 1.807) is 0 Å². The molecule has 0 heterocycles. The van der Waals surface area contributed by atoms with Crippen LogP contribution in [0.4, 0.5) is 0 Å². The first-order valence-corrected chi connectivity index (χ1v) is 9.70. The number of rotatable bonds is 4. The van der Waals surface area contributed by atoms with Gasteiger partial charge in [-0.15, -0.1) is 10.2 Å². The minimum atomic E-state index is -4.94. The number of benzene rings is 2. The third-order valence-corrected chi connectivity index (χ3v) is 3.00. The molecule has 0 aliphatic carbocycles. The lowest BCUT2D eigenvalue weighted by Gasteiger charge is -2.23. The fraction of sp³-hybridized carbons (Fsp3) is 0.400. The molecule has 1 N–H and O–H groups in total. The van der Waals surface area contributed by atoms with Gasteiger partial charge in [-0.2, -0.15) is 0 Å². The Bertz CT molecular complexity index is 564. The summed E-state index contributed by atoms with van der Waals surface area (Å²) in [4.78, 5) is 0. The van der Waals surface area contributed by atoms with Crippen molar-refractivity contribution in [2.24, 2.45) is 0 Å². The summed E-state index contributed by atoms with van der Waals surface area (Å²) in [5.41, 5.74) is 2.81. The van der Waals surface area contributed by atoms with Gasteiger partial charge in [-0.05, 0) is 0 Å². The molecule has 2 rings (SSSR count). The maximum atomic E-state index is 8.49. The van der Waals surface area contributed by atoms with Crippen molar-refractivity contribution in [2.45, 2.75) is 13.1 Å². The van der Waals surface area contributed by atoms with Gasteiger partial charge in [-0.1, -0.05) is 60.7 Å². The van der Waals surface area contributed by atoms with Crippen molar-refractivity contribution in [1.29, 1.82) is 0 Å². The lowest BCUT2D eigenvalue weighted by molar-refractivity contribution is -2.00. The van der Waals surface area contributed by atoms with E-state index in [4.69, 9.17) is 18.6 Å². The molecule has 8 heteroatoms. The summed E-state index contributed by atoms with van der Waals surface area (Å²) in [6.45, 7) is 2.20. The third-order valence-electron chi connectivity index (χ3n) is 3.00. The van der Waals surface area contributed by atoms with Crippen molar-refractivity contribution in [3.8, 4) is 0 Å². The van der Waals surface area contributed by atoms with Gasteiger partial charge in [0.15, 0.2) is 0 Å². The van der Waals surface area contributed by atoms with E-state index in [9.17, 15) is 0 Å². The second-order valence-corrected chi connectivity index (χ2v) is 9.00. The molecular formula is C20H33ClN2O5. The zero-order chi connectivity index (χ0) is 21.1. The van der Waals surface area contributed by atoms with Crippen LogP contribution in [0.2, 0.25) is 0 Å². The van der Waals surface area contributed by atoms with E-state index in [0.29, 0.717) is 0 Å². The van der Waals surface area contributed by atoms with Crippen LogP contribution in [-0.4, -0.2) is 56.7 Å². The molecule has 0 saturated carbocycles. The lowest BCUT2D eigenvalue weighted by Crippen LogP contribution is -2.68. The zero-order valence-electron chi connectivity index (χ0n) is 17.5. The standard InChI is InChI=1S/2C10H16N.ClHO4.H2O/c2*1-11(2,3)9-10-7-5-4-6-8-10;2-1(3,4)5;/h2*4-8H,9H2,1-3H3;(H,2,3,4,5);1H2/q2*+1;;/p-2. The molecule has 28 heavy (non-hydrogen) atoms. The van der Waals surface area contributed by atoms with Gasteiger partial charge in [0.1, 0.15) is 13.1 Å². The minimum absolute atomic E-state index is 0. The van der Waals surface area contributed by atoms with Crippen LogP contribution >= 0.6 is 0 Å². The second kappa shape index (κ2) is 12.8. The molecule has 2 aromatic carbocycles. The highest BCUT2D eigenvalue weighted by atomic mass is 35.7. The van der Waals surface area contributed by atoms with Gasteiger partial charge in [-0.3, -0.25) is 0 Å². The van der Waals surface area contributed by atoms with E-state index in [0.717, 1.165) is 22.1 Å². The Morgan fingerprint density at radius 1 is 0.571 bits per heavy atom. The van der Waals surface area contributed by atoms with Gasteiger partial charge in [0, 0.05) is 11.1 Å². The number of hydrogen-bond acceptors (Lipinski definition) is 5. The largest absolute Gasteiger partial charge is 0.870 e. The van der Waals surface area contributed by atoms with Crippen molar-refractivity contribution in [3.63, 3.8) is 0 Å². The zero-order valence-corrected chi connectivity index (χ0v) is 18.3. The van der Waals surface area contributed by atoms with Crippen LogP contribution in [0.5, 0.6) is 0 Å². The molecule has 7 nitrogen and oxygen atoms in total. The summed E-state index contributed by atoms with van der Waals surface area (Å²) in [5.74, 6) is 0. The maximum Gasteiger partial charge on any atom is 0.104 e. The predicted octanol–water partition coefficient (Wildman–Crippen LogP) is -1.15. The molecule has 0 atom stereocenters. The summed E-state index contributed by atoms with van der Waals surface area (Å²) >= 11 is 0. The number of hydrogen-bond donors (Lipinski definition) is 0. The van der Waals surface area contributed by atoms with Crippen molar-refractivity contribution < 1.29 is 43.3 Å². The molecule has 0 aliphatic heterocycles. The van der Waals surface area contributed by atoms with Gasteiger partial charge in [0.25, 0.3) is 0 Å². The van der Waals surface area contributed by atoms with Crippen LogP contribution in [0.25, 0.3) is 0 Å². The molecule has 0 aromatic heterocycles. The van der Waals surface area contributed by atoms with E-state index in [-0.39, 0.29) is 5.48 Å². The van der Waals surface area contributed by atoms with Crippen molar-refractivity contribution in [2.75, 3.05) is 42.3 Å². The molecule has 0 aliphatic rings. The minimum Gasteiger partial charge on any atom is -0.870 e.